The number of hydrogen-bond acceptors (Lipinski definition) is 4. The Kier molecular flexibility index (Phi) is 4.32. The minimum absolute atomic E-state index is 0.383. The van der Waals surface area contributed by atoms with Gasteiger partial charge in [0.2, 0.25) is 0 Å². The molecule has 0 aliphatic heterocycles. The van der Waals surface area contributed by atoms with Crippen LogP contribution >= 0.6 is 11.3 Å². The van der Waals surface area contributed by atoms with Gasteiger partial charge >= 0.3 is 0 Å². The lowest BCUT2D eigenvalue weighted by Gasteiger charge is -2.31. The molecule has 1 fully saturated rings. The van der Waals surface area contributed by atoms with E-state index in [0.717, 1.165) is 17.2 Å². The maximum absolute atomic E-state index is 5.52. The zero-order chi connectivity index (χ0) is 11.4. The van der Waals surface area contributed by atoms with E-state index in [9.17, 15) is 0 Å². The number of ether oxygens (including phenoxy) is 1. The molecule has 1 aromatic rings. The molecule has 0 amide bonds. The molecular formula is C12H20N2OS. The Bertz CT molecular complexity index is 327. The summed E-state index contributed by atoms with van der Waals surface area (Å²) in [4.78, 5) is 4.46. The maximum Gasteiger partial charge on any atom is 0.0897 e. The summed E-state index contributed by atoms with van der Waals surface area (Å²) >= 11 is 1.72. The van der Waals surface area contributed by atoms with Crippen LogP contribution in [-0.4, -0.2) is 24.2 Å². The Balaban J connectivity index is 1.84. The number of nitrogens with zero attached hydrogens (tertiary/aromatic N) is 1. The van der Waals surface area contributed by atoms with Crippen LogP contribution in [0.25, 0.3) is 0 Å². The Hall–Kier alpha value is -0.450. The monoisotopic (exact) mass is 240 g/mol. The van der Waals surface area contributed by atoms with E-state index in [1.54, 1.807) is 11.3 Å². The van der Waals surface area contributed by atoms with Crippen LogP contribution in [0.4, 0.5) is 0 Å². The van der Waals surface area contributed by atoms with Crippen molar-refractivity contribution in [1.82, 2.24) is 10.3 Å². The normalized spacial score (nSPS) is 25.9. The molecule has 2 rings (SSSR count). The SMILES string of the molecule is COC1CCCCC1NCc1csc(C)n1. The van der Waals surface area contributed by atoms with Gasteiger partial charge in [0.1, 0.15) is 0 Å². The molecule has 1 heterocycles. The van der Waals surface area contributed by atoms with E-state index < -0.39 is 0 Å². The molecule has 2 atom stereocenters. The van der Waals surface area contributed by atoms with Crippen LogP contribution in [0.5, 0.6) is 0 Å². The second-order valence-electron chi connectivity index (χ2n) is 4.40. The first-order chi connectivity index (χ1) is 7.79. The summed E-state index contributed by atoms with van der Waals surface area (Å²) < 4.78 is 5.52. The summed E-state index contributed by atoms with van der Waals surface area (Å²) in [6, 6.07) is 0.501. The van der Waals surface area contributed by atoms with Crippen molar-refractivity contribution in [2.24, 2.45) is 0 Å². The fraction of sp³-hybridized carbons (Fsp3) is 0.750. The second kappa shape index (κ2) is 5.75. The fourth-order valence-corrected chi connectivity index (χ4v) is 2.95. The van der Waals surface area contributed by atoms with Gasteiger partial charge in [-0.15, -0.1) is 11.3 Å². The Labute approximate surface area is 101 Å². The summed E-state index contributed by atoms with van der Waals surface area (Å²) in [6.07, 6.45) is 5.40. The van der Waals surface area contributed by atoms with Gasteiger partial charge in [-0.2, -0.15) is 0 Å². The standard InChI is InChI=1S/C12H20N2OS/c1-9-14-10(8-16-9)7-13-11-5-3-4-6-12(11)15-2/h8,11-13H,3-7H2,1-2H3. The number of methoxy groups -OCH3 is 1. The lowest BCUT2D eigenvalue weighted by Crippen LogP contribution is -2.42. The lowest BCUT2D eigenvalue weighted by molar-refractivity contribution is 0.0412. The summed E-state index contributed by atoms with van der Waals surface area (Å²) in [5.74, 6) is 0. The van der Waals surface area contributed by atoms with Gasteiger partial charge in [0, 0.05) is 25.1 Å². The Morgan fingerprint density at radius 3 is 3.00 bits per heavy atom. The van der Waals surface area contributed by atoms with Crippen molar-refractivity contribution in [1.29, 1.82) is 0 Å². The molecule has 0 bridgehead atoms. The molecule has 4 heteroatoms. The first-order valence-corrected chi connectivity index (χ1v) is 6.84. The van der Waals surface area contributed by atoms with Gasteiger partial charge in [0.05, 0.1) is 16.8 Å². The van der Waals surface area contributed by atoms with Crippen LogP contribution in [0, 0.1) is 6.92 Å². The number of rotatable bonds is 4. The third kappa shape index (κ3) is 3.03. The number of aromatic nitrogens is 1. The van der Waals surface area contributed by atoms with Gasteiger partial charge < -0.3 is 10.1 Å². The molecule has 1 aliphatic carbocycles. The van der Waals surface area contributed by atoms with Crippen molar-refractivity contribution in [3.05, 3.63) is 16.1 Å². The molecule has 2 unspecified atom stereocenters. The van der Waals surface area contributed by atoms with Crippen LogP contribution in [0.15, 0.2) is 5.38 Å². The van der Waals surface area contributed by atoms with E-state index >= 15 is 0 Å². The fourth-order valence-electron chi connectivity index (χ4n) is 2.34. The van der Waals surface area contributed by atoms with Crippen molar-refractivity contribution in [3.63, 3.8) is 0 Å². The molecule has 3 nitrogen and oxygen atoms in total. The maximum atomic E-state index is 5.52. The first-order valence-electron chi connectivity index (χ1n) is 5.97. The van der Waals surface area contributed by atoms with Crippen molar-refractivity contribution < 1.29 is 4.74 Å². The topological polar surface area (TPSA) is 34.1 Å². The highest BCUT2D eigenvalue weighted by molar-refractivity contribution is 7.09. The minimum Gasteiger partial charge on any atom is -0.380 e. The van der Waals surface area contributed by atoms with Gasteiger partial charge in [-0.05, 0) is 19.8 Å². The number of hydrogen-bond donors (Lipinski definition) is 1. The molecule has 16 heavy (non-hydrogen) atoms. The molecule has 1 aromatic heterocycles. The summed E-state index contributed by atoms with van der Waals surface area (Å²) in [6.45, 7) is 2.92. The van der Waals surface area contributed by atoms with Gasteiger partial charge in [-0.3, -0.25) is 0 Å². The molecule has 0 spiro atoms. The minimum atomic E-state index is 0.383. The van der Waals surface area contributed by atoms with Gasteiger partial charge in [0.25, 0.3) is 0 Å². The van der Waals surface area contributed by atoms with Crippen molar-refractivity contribution in [2.75, 3.05) is 7.11 Å². The molecular weight excluding hydrogens is 220 g/mol. The van der Waals surface area contributed by atoms with Crippen molar-refractivity contribution in [2.45, 2.75) is 51.3 Å². The number of aryl methyl sites for hydroxylation is 1. The highest BCUT2D eigenvalue weighted by Gasteiger charge is 2.24. The van der Waals surface area contributed by atoms with E-state index in [1.807, 2.05) is 14.0 Å². The van der Waals surface area contributed by atoms with E-state index in [-0.39, 0.29) is 0 Å². The first kappa shape index (κ1) is 12.0. The largest absolute Gasteiger partial charge is 0.380 e. The molecule has 0 radical (unpaired) electrons. The average Bonchev–Trinajstić information content (AvgIpc) is 2.73. The second-order valence-corrected chi connectivity index (χ2v) is 5.47. The van der Waals surface area contributed by atoms with Crippen LogP contribution < -0.4 is 5.32 Å². The molecule has 0 saturated heterocycles. The average molecular weight is 240 g/mol. The van der Waals surface area contributed by atoms with Crippen molar-refractivity contribution in [3.8, 4) is 0 Å². The van der Waals surface area contributed by atoms with E-state index in [2.05, 4.69) is 15.7 Å². The molecule has 1 aliphatic rings. The molecule has 1 N–H and O–H groups in total. The summed E-state index contributed by atoms with van der Waals surface area (Å²) in [7, 11) is 1.82. The smallest absolute Gasteiger partial charge is 0.0897 e. The predicted molar refractivity (Wildman–Crippen MR) is 66.7 cm³/mol. The van der Waals surface area contributed by atoms with E-state index in [1.165, 1.54) is 25.7 Å². The lowest BCUT2D eigenvalue weighted by atomic mass is 9.92. The highest BCUT2D eigenvalue weighted by atomic mass is 32.1. The zero-order valence-corrected chi connectivity index (χ0v) is 10.8. The molecule has 1 saturated carbocycles. The summed E-state index contributed by atoms with van der Waals surface area (Å²) in [5, 5.41) is 6.85. The van der Waals surface area contributed by atoms with Crippen LogP contribution in [0.1, 0.15) is 36.4 Å². The Morgan fingerprint density at radius 1 is 1.50 bits per heavy atom. The predicted octanol–water partition coefficient (Wildman–Crippen LogP) is 2.50. The molecule has 0 aromatic carbocycles. The van der Waals surface area contributed by atoms with Gasteiger partial charge in [-0.25, -0.2) is 4.98 Å². The molecule has 90 valence electrons. The number of thiazole rings is 1. The van der Waals surface area contributed by atoms with Crippen LogP contribution in [-0.2, 0) is 11.3 Å². The van der Waals surface area contributed by atoms with Gasteiger partial charge in [-0.1, -0.05) is 12.8 Å². The van der Waals surface area contributed by atoms with E-state index in [0.29, 0.717) is 12.1 Å². The number of nitrogens with one attached hydrogen (secondary N) is 1. The van der Waals surface area contributed by atoms with Crippen LogP contribution in [0.3, 0.4) is 0 Å². The van der Waals surface area contributed by atoms with Crippen LogP contribution in [0.2, 0.25) is 0 Å². The Morgan fingerprint density at radius 2 is 2.31 bits per heavy atom. The zero-order valence-electron chi connectivity index (χ0n) is 10.0. The third-order valence-electron chi connectivity index (χ3n) is 3.22. The van der Waals surface area contributed by atoms with Gasteiger partial charge in [0.15, 0.2) is 0 Å². The van der Waals surface area contributed by atoms with Crippen molar-refractivity contribution >= 4 is 11.3 Å². The quantitative estimate of drug-likeness (QED) is 0.878. The third-order valence-corrected chi connectivity index (χ3v) is 4.04. The van der Waals surface area contributed by atoms with E-state index in [4.69, 9.17) is 4.74 Å². The summed E-state index contributed by atoms with van der Waals surface area (Å²) in [5.41, 5.74) is 1.16. The highest BCUT2D eigenvalue weighted by Crippen LogP contribution is 2.21.